The maximum atomic E-state index is 12.5. The first-order valence-electron chi connectivity index (χ1n) is 12.3. The second kappa shape index (κ2) is 11.5. The molecule has 1 N–H and O–H groups in total. The van der Waals surface area contributed by atoms with Crippen molar-refractivity contribution in [1.29, 1.82) is 0 Å². The molecule has 1 aliphatic rings. The monoisotopic (exact) mass is 511 g/mol. The number of nitrogens with zero attached hydrogens (tertiary/aromatic N) is 3. The first-order valence-corrected chi connectivity index (χ1v) is 14.7. The van der Waals surface area contributed by atoms with E-state index in [0.717, 1.165) is 59.7 Å². The fourth-order valence-corrected chi connectivity index (χ4v) is 6.54. The minimum atomic E-state index is -4.41. The summed E-state index contributed by atoms with van der Waals surface area (Å²) in [7, 11) is -4.41. The van der Waals surface area contributed by atoms with Crippen molar-refractivity contribution in [1.82, 2.24) is 9.97 Å². The Morgan fingerprint density at radius 3 is 2.37 bits per heavy atom. The summed E-state index contributed by atoms with van der Waals surface area (Å²) in [6.07, 6.45) is 9.20. The van der Waals surface area contributed by atoms with Crippen LogP contribution in [0.25, 0.3) is 0 Å². The molecule has 0 radical (unpaired) electrons. The molecule has 0 fully saturated rings. The zero-order chi connectivity index (χ0) is 24.8. The van der Waals surface area contributed by atoms with Crippen molar-refractivity contribution in [2.45, 2.75) is 79.9 Å². The van der Waals surface area contributed by atoms with E-state index < -0.39 is 15.4 Å². The van der Waals surface area contributed by atoms with Crippen LogP contribution >= 0.6 is 11.8 Å². The van der Waals surface area contributed by atoms with Crippen LogP contribution in [0, 0.1) is 0 Å². The van der Waals surface area contributed by atoms with Crippen LogP contribution in [-0.4, -0.2) is 29.0 Å². The Morgan fingerprint density at radius 2 is 1.66 bits per heavy atom. The van der Waals surface area contributed by atoms with Gasteiger partial charge < -0.3 is 4.90 Å². The summed E-state index contributed by atoms with van der Waals surface area (Å²) >= 11 is 1.75. The van der Waals surface area contributed by atoms with Gasteiger partial charge in [-0.25, -0.2) is 9.97 Å². The van der Waals surface area contributed by atoms with Gasteiger partial charge in [0.05, 0.1) is 11.4 Å². The van der Waals surface area contributed by atoms with Crippen LogP contribution in [0.4, 0.5) is 11.4 Å². The summed E-state index contributed by atoms with van der Waals surface area (Å²) < 4.78 is 35.3. The van der Waals surface area contributed by atoms with Gasteiger partial charge in [0.2, 0.25) is 0 Å². The highest BCUT2D eigenvalue weighted by atomic mass is 32.2. The highest BCUT2D eigenvalue weighted by Crippen LogP contribution is 2.50. The molecule has 0 aliphatic carbocycles. The number of unbranched alkanes of at least 4 members (excludes halogenated alkanes) is 2. The number of rotatable bonds is 11. The minimum absolute atomic E-state index is 0.132. The lowest BCUT2D eigenvalue weighted by Gasteiger charge is -2.40. The molecule has 186 valence electrons. The second-order valence-corrected chi connectivity index (χ2v) is 11.7. The summed E-state index contributed by atoms with van der Waals surface area (Å²) in [6.45, 7) is 4.33. The van der Waals surface area contributed by atoms with Gasteiger partial charge in [0.25, 0.3) is 10.1 Å². The molecule has 6 nitrogen and oxygen atoms in total. The maximum absolute atomic E-state index is 12.5. The molecule has 2 aromatic carbocycles. The number of benzene rings is 2. The number of aromatic nitrogens is 2. The zero-order valence-corrected chi connectivity index (χ0v) is 21.9. The van der Waals surface area contributed by atoms with Gasteiger partial charge in [0, 0.05) is 28.2 Å². The first kappa shape index (κ1) is 25.7. The van der Waals surface area contributed by atoms with Crippen molar-refractivity contribution in [3.05, 3.63) is 72.3 Å². The van der Waals surface area contributed by atoms with E-state index in [1.165, 1.54) is 18.0 Å². The fraction of sp³-hybridized carbons (Fsp3) is 0.407. The highest BCUT2D eigenvalue weighted by molar-refractivity contribution is 7.99. The fourth-order valence-electron chi connectivity index (χ4n) is 4.63. The van der Waals surface area contributed by atoms with Crippen LogP contribution in [0.5, 0.6) is 0 Å². The second-order valence-electron chi connectivity index (χ2n) is 8.99. The van der Waals surface area contributed by atoms with Crippen LogP contribution in [0.1, 0.15) is 69.0 Å². The molecule has 2 unspecified atom stereocenters. The third kappa shape index (κ3) is 6.05. The molecule has 2 atom stereocenters. The molecule has 8 heteroatoms. The number of hydrogen-bond acceptors (Lipinski definition) is 6. The first-order chi connectivity index (χ1) is 16.9. The Bertz CT molecular complexity index is 1240. The van der Waals surface area contributed by atoms with Crippen molar-refractivity contribution in [3.63, 3.8) is 0 Å². The average Bonchev–Trinajstić information content (AvgIpc) is 2.86. The molecule has 0 saturated heterocycles. The van der Waals surface area contributed by atoms with E-state index >= 15 is 0 Å². The molecule has 1 aliphatic heterocycles. The molecule has 0 spiro atoms. The van der Waals surface area contributed by atoms with Crippen LogP contribution in [0.3, 0.4) is 0 Å². The van der Waals surface area contributed by atoms with Crippen LogP contribution < -0.4 is 4.90 Å². The van der Waals surface area contributed by atoms with Gasteiger partial charge in [-0.3, -0.25) is 4.55 Å². The van der Waals surface area contributed by atoms with Crippen LogP contribution in [-0.2, 0) is 16.5 Å². The lowest BCUT2D eigenvalue weighted by atomic mass is 9.99. The predicted molar refractivity (Wildman–Crippen MR) is 142 cm³/mol. The summed E-state index contributed by atoms with van der Waals surface area (Å²) in [6, 6.07) is 16.4. The SMILES string of the molecule is CCCCc1ccc2c(c1)N(C(CCCC)CC(c1ncccn1)S(=O)(=O)O)c1ccccc1S2. The van der Waals surface area contributed by atoms with Gasteiger partial charge in [0.1, 0.15) is 11.1 Å². The van der Waals surface area contributed by atoms with E-state index in [1.807, 2.05) is 12.1 Å². The third-order valence-corrected chi connectivity index (χ3v) is 8.67. The molecule has 0 saturated carbocycles. The van der Waals surface area contributed by atoms with Crippen LogP contribution in [0.2, 0.25) is 0 Å². The van der Waals surface area contributed by atoms with Crippen molar-refractivity contribution < 1.29 is 13.0 Å². The molecule has 3 aromatic rings. The van der Waals surface area contributed by atoms with E-state index in [1.54, 1.807) is 17.8 Å². The average molecular weight is 512 g/mol. The highest BCUT2D eigenvalue weighted by Gasteiger charge is 2.36. The quantitative estimate of drug-likeness (QED) is 0.277. The van der Waals surface area contributed by atoms with E-state index in [9.17, 15) is 13.0 Å². The van der Waals surface area contributed by atoms with E-state index in [0.29, 0.717) is 0 Å². The number of para-hydroxylation sites is 1. The maximum Gasteiger partial charge on any atom is 0.275 e. The van der Waals surface area contributed by atoms with Crippen molar-refractivity contribution in [2.75, 3.05) is 4.90 Å². The summed E-state index contributed by atoms with van der Waals surface area (Å²) in [5.74, 6) is 0.132. The molecule has 0 amide bonds. The Morgan fingerprint density at radius 1 is 0.943 bits per heavy atom. The van der Waals surface area contributed by atoms with Gasteiger partial charge in [-0.05, 0) is 61.6 Å². The zero-order valence-electron chi connectivity index (χ0n) is 20.3. The van der Waals surface area contributed by atoms with Gasteiger partial charge in [-0.2, -0.15) is 8.42 Å². The van der Waals surface area contributed by atoms with Crippen molar-refractivity contribution >= 4 is 33.3 Å². The molecular weight excluding hydrogens is 478 g/mol. The molecule has 4 rings (SSSR count). The molecule has 2 heterocycles. The number of aryl methyl sites for hydroxylation is 1. The topological polar surface area (TPSA) is 83.4 Å². The predicted octanol–water partition coefficient (Wildman–Crippen LogP) is 7.00. The van der Waals surface area contributed by atoms with Crippen molar-refractivity contribution in [2.24, 2.45) is 0 Å². The largest absolute Gasteiger partial charge is 0.336 e. The Kier molecular flexibility index (Phi) is 8.46. The number of anilines is 2. The third-order valence-electron chi connectivity index (χ3n) is 6.42. The molecular formula is C27H33N3O3S2. The minimum Gasteiger partial charge on any atom is -0.336 e. The van der Waals surface area contributed by atoms with E-state index in [4.69, 9.17) is 0 Å². The van der Waals surface area contributed by atoms with Crippen LogP contribution in [0.15, 0.2) is 70.7 Å². The Labute approximate surface area is 213 Å². The van der Waals surface area contributed by atoms with Crippen molar-refractivity contribution in [3.8, 4) is 0 Å². The van der Waals surface area contributed by atoms with Gasteiger partial charge >= 0.3 is 0 Å². The summed E-state index contributed by atoms with van der Waals surface area (Å²) in [5, 5.41) is -1.20. The smallest absolute Gasteiger partial charge is 0.275 e. The molecule has 0 bridgehead atoms. The number of hydrogen-bond donors (Lipinski definition) is 1. The number of fused-ring (bicyclic) bond motifs is 2. The van der Waals surface area contributed by atoms with Gasteiger partial charge in [-0.1, -0.05) is 63.1 Å². The Hall–Kier alpha value is -2.42. The summed E-state index contributed by atoms with van der Waals surface area (Å²) in [4.78, 5) is 13.0. The molecule has 1 aromatic heterocycles. The van der Waals surface area contributed by atoms with Gasteiger partial charge in [0.15, 0.2) is 0 Å². The standard InChI is InChI=1S/C27H33N3O3S2/c1-3-5-10-20-14-15-25-23(18-20)30(22-12-7-8-13-24(22)34-25)21(11-6-4-2)19-26(35(31,32)33)27-28-16-9-17-29-27/h7-9,12-18,21,26H,3-6,10-11,19H2,1-2H3,(H,31,32,33). The lowest BCUT2D eigenvalue weighted by Crippen LogP contribution is -2.36. The molecule has 35 heavy (non-hydrogen) atoms. The van der Waals surface area contributed by atoms with E-state index in [-0.39, 0.29) is 18.3 Å². The summed E-state index contributed by atoms with van der Waals surface area (Å²) in [5.41, 5.74) is 3.45. The Balaban J connectivity index is 1.81. The normalized spacial score (nSPS) is 14.8. The van der Waals surface area contributed by atoms with Gasteiger partial charge in [-0.15, -0.1) is 0 Å². The van der Waals surface area contributed by atoms with E-state index in [2.05, 4.69) is 59.0 Å². The lowest BCUT2D eigenvalue weighted by molar-refractivity contribution is 0.440.